The second kappa shape index (κ2) is 5.44. The average Bonchev–Trinajstić information content (AvgIpc) is 2.70. The summed E-state index contributed by atoms with van der Waals surface area (Å²) in [5, 5.41) is 6.90. The van der Waals surface area contributed by atoms with E-state index in [9.17, 15) is 4.79 Å². The van der Waals surface area contributed by atoms with Gasteiger partial charge < -0.3 is 10.6 Å². The van der Waals surface area contributed by atoms with Crippen LogP contribution in [0, 0.1) is 5.41 Å². The molecule has 122 valence electrons. The number of ketones is 1. The fourth-order valence-electron chi connectivity index (χ4n) is 3.57. The molecule has 0 saturated heterocycles. The van der Waals surface area contributed by atoms with Crippen molar-refractivity contribution in [2.24, 2.45) is 5.41 Å². The second-order valence-electron chi connectivity index (χ2n) is 7.22. The van der Waals surface area contributed by atoms with Gasteiger partial charge in [-0.25, -0.2) is 4.98 Å². The van der Waals surface area contributed by atoms with E-state index in [0.717, 1.165) is 34.8 Å². The van der Waals surface area contributed by atoms with Crippen molar-refractivity contribution in [1.29, 1.82) is 0 Å². The summed E-state index contributed by atoms with van der Waals surface area (Å²) in [4.78, 5) is 21.6. The number of carbonyl (C=O) groups is 1. The molecule has 2 N–H and O–H groups in total. The Morgan fingerprint density at radius 3 is 2.79 bits per heavy atom. The van der Waals surface area contributed by atoms with E-state index in [-0.39, 0.29) is 17.2 Å². The lowest BCUT2D eigenvalue weighted by Gasteiger charge is -2.34. The first-order valence-corrected chi connectivity index (χ1v) is 8.18. The van der Waals surface area contributed by atoms with Gasteiger partial charge in [0.05, 0.1) is 11.7 Å². The molecule has 0 unspecified atom stereocenters. The first-order chi connectivity index (χ1) is 11.5. The Hall–Kier alpha value is -2.69. The van der Waals surface area contributed by atoms with E-state index in [1.54, 1.807) is 12.4 Å². The van der Waals surface area contributed by atoms with Crippen molar-refractivity contribution in [3.8, 4) is 0 Å². The van der Waals surface area contributed by atoms with Crippen molar-refractivity contribution < 1.29 is 4.79 Å². The van der Waals surface area contributed by atoms with Crippen LogP contribution in [0.15, 0.2) is 54.1 Å². The summed E-state index contributed by atoms with van der Waals surface area (Å²) in [5.74, 6) is 0.939. The highest BCUT2D eigenvalue weighted by atomic mass is 16.1. The summed E-state index contributed by atoms with van der Waals surface area (Å²) < 4.78 is 0. The topological polar surface area (TPSA) is 66.9 Å². The second-order valence-corrected chi connectivity index (χ2v) is 7.22. The smallest absolute Gasteiger partial charge is 0.163 e. The van der Waals surface area contributed by atoms with Gasteiger partial charge in [0.2, 0.25) is 0 Å². The van der Waals surface area contributed by atoms with Gasteiger partial charge >= 0.3 is 0 Å². The number of nitrogens with one attached hydrogen (secondary N) is 2. The number of allylic oxidation sites excluding steroid dienone is 1. The molecule has 0 saturated carbocycles. The van der Waals surface area contributed by atoms with Gasteiger partial charge in [-0.15, -0.1) is 0 Å². The zero-order chi connectivity index (χ0) is 16.7. The maximum Gasteiger partial charge on any atom is 0.163 e. The van der Waals surface area contributed by atoms with Crippen LogP contribution in [0.3, 0.4) is 0 Å². The predicted octanol–water partition coefficient (Wildman–Crippen LogP) is 3.70. The molecular formula is C19H20N4O. The number of hydrogen-bond acceptors (Lipinski definition) is 5. The van der Waals surface area contributed by atoms with Crippen LogP contribution in [0.1, 0.15) is 38.3 Å². The molecule has 0 radical (unpaired) electrons. The molecule has 2 aromatic rings. The summed E-state index contributed by atoms with van der Waals surface area (Å²) in [6.07, 6.45) is 6.69. The lowest BCUT2D eigenvalue weighted by molar-refractivity contribution is -0.118. The van der Waals surface area contributed by atoms with Gasteiger partial charge in [0.15, 0.2) is 5.78 Å². The molecular weight excluding hydrogens is 300 g/mol. The van der Waals surface area contributed by atoms with Gasteiger partial charge in [0.25, 0.3) is 0 Å². The highest BCUT2D eigenvalue weighted by Gasteiger charge is 2.38. The number of carbonyl (C=O) groups excluding carboxylic acids is 1. The van der Waals surface area contributed by atoms with Crippen molar-refractivity contribution in [2.45, 2.75) is 32.7 Å². The number of fused-ring (bicyclic) bond motifs is 1. The molecule has 2 aromatic heterocycles. The van der Waals surface area contributed by atoms with E-state index in [1.165, 1.54) is 0 Å². The summed E-state index contributed by atoms with van der Waals surface area (Å²) in [6.45, 7) is 4.27. The Labute approximate surface area is 141 Å². The molecule has 0 fully saturated rings. The first-order valence-electron chi connectivity index (χ1n) is 8.18. The van der Waals surface area contributed by atoms with Crippen LogP contribution in [0.25, 0.3) is 0 Å². The molecule has 24 heavy (non-hydrogen) atoms. The van der Waals surface area contributed by atoms with Crippen LogP contribution in [-0.2, 0) is 4.79 Å². The Balaban J connectivity index is 1.89. The minimum absolute atomic E-state index is 0.0465. The van der Waals surface area contributed by atoms with E-state index >= 15 is 0 Å². The largest absolute Gasteiger partial charge is 0.357 e. The fraction of sp³-hybridized carbons (Fsp3) is 0.316. The maximum absolute atomic E-state index is 13.0. The molecule has 1 aliphatic carbocycles. The van der Waals surface area contributed by atoms with Crippen LogP contribution < -0.4 is 10.6 Å². The summed E-state index contributed by atoms with van der Waals surface area (Å²) in [5.41, 5.74) is 3.62. The van der Waals surface area contributed by atoms with E-state index in [1.807, 2.05) is 30.5 Å². The molecule has 5 nitrogen and oxygen atoms in total. The number of pyridine rings is 2. The number of aromatic nitrogens is 2. The minimum Gasteiger partial charge on any atom is -0.357 e. The first kappa shape index (κ1) is 14.9. The van der Waals surface area contributed by atoms with E-state index in [4.69, 9.17) is 0 Å². The number of anilines is 2. The average molecular weight is 320 g/mol. The number of Topliss-reactive ketones (excluding diaryl/α,β-unsaturated/α-hetero) is 1. The normalized spacial score (nSPS) is 21.9. The van der Waals surface area contributed by atoms with E-state index in [0.29, 0.717) is 6.42 Å². The van der Waals surface area contributed by atoms with Gasteiger partial charge in [-0.2, -0.15) is 0 Å². The quantitative estimate of drug-likeness (QED) is 0.838. The van der Waals surface area contributed by atoms with Crippen LogP contribution in [-0.4, -0.2) is 15.8 Å². The molecule has 3 heterocycles. The summed E-state index contributed by atoms with van der Waals surface area (Å²) in [7, 11) is 0. The Kier molecular flexibility index (Phi) is 3.37. The highest BCUT2D eigenvalue weighted by Crippen LogP contribution is 2.44. The predicted molar refractivity (Wildman–Crippen MR) is 93.5 cm³/mol. The molecule has 1 aliphatic heterocycles. The molecule has 0 spiro atoms. The Bertz CT molecular complexity index is 826. The lowest BCUT2D eigenvalue weighted by atomic mass is 9.73. The summed E-state index contributed by atoms with van der Waals surface area (Å²) >= 11 is 0. The number of nitrogens with zero attached hydrogens (tertiary/aromatic N) is 2. The van der Waals surface area contributed by atoms with Gasteiger partial charge in [-0.05, 0) is 35.6 Å². The van der Waals surface area contributed by atoms with Gasteiger partial charge in [0.1, 0.15) is 5.82 Å². The Morgan fingerprint density at radius 2 is 2.00 bits per heavy atom. The molecule has 4 rings (SSSR count). The standard InChI is InChI=1S/C19H20N4O/c1-19(2)9-14-16(15(24)10-19)17(12-5-3-7-20-11-12)23-18-13(22-14)6-4-8-21-18/h3-8,11,17,22H,9-10H2,1-2H3,(H,21,23)/t17-/m0/s1. The summed E-state index contributed by atoms with van der Waals surface area (Å²) in [6, 6.07) is 7.54. The van der Waals surface area contributed by atoms with Crippen molar-refractivity contribution in [3.05, 3.63) is 59.7 Å². The van der Waals surface area contributed by atoms with E-state index < -0.39 is 0 Å². The maximum atomic E-state index is 13.0. The monoisotopic (exact) mass is 320 g/mol. The van der Waals surface area contributed by atoms with Gasteiger partial charge in [-0.3, -0.25) is 9.78 Å². The van der Waals surface area contributed by atoms with E-state index in [2.05, 4.69) is 34.4 Å². The number of hydrogen-bond donors (Lipinski definition) is 2. The van der Waals surface area contributed by atoms with Crippen molar-refractivity contribution in [2.75, 3.05) is 10.6 Å². The third-order valence-electron chi connectivity index (χ3n) is 4.60. The van der Waals surface area contributed by atoms with Crippen molar-refractivity contribution >= 4 is 17.3 Å². The van der Waals surface area contributed by atoms with Crippen molar-refractivity contribution in [3.63, 3.8) is 0 Å². The zero-order valence-corrected chi connectivity index (χ0v) is 13.8. The van der Waals surface area contributed by atoms with Crippen LogP contribution in [0.4, 0.5) is 11.5 Å². The molecule has 5 heteroatoms. The fourth-order valence-corrected chi connectivity index (χ4v) is 3.57. The molecule has 2 aliphatic rings. The zero-order valence-electron chi connectivity index (χ0n) is 13.8. The molecule has 1 atom stereocenters. The minimum atomic E-state index is -0.235. The van der Waals surface area contributed by atoms with Crippen LogP contribution in [0.5, 0.6) is 0 Å². The lowest BCUT2D eigenvalue weighted by Crippen LogP contribution is -2.31. The van der Waals surface area contributed by atoms with Crippen LogP contribution in [0.2, 0.25) is 0 Å². The third-order valence-corrected chi connectivity index (χ3v) is 4.60. The van der Waals surface area contributed by atoms with Gasteiger partial charge in [-0.1, -0.05) is 19.9 Å². The molecule has 0 bridgehead atoms. The highest BCUT2D eigenvalue weighted by molar-refractivity contribution is 6.00. The number of rotatable bonds is 1. The van der Waals surface area contributed by atoms with Crippen LogP contribution >= 0.6 is 0 Å². The van der Waals surface area contributed by atoms with Gasteiger partial charge in [0, 0.05) is 36.3 Å². The molecule has 0 aromatic carbocycles. The SMILES string of the molecule is CC1(C)CC(=O)C2=C(C1)Nc1cccnc1N[C@H]2c1cccnc1. The van der Waals surface area contributed by atoms with Crippen molar-refractivity contribution in [1.82, 2.24) is 9.97 Å². The Morgan fingerprint density at radius 1 is 1.17 bits per heavy atom. The third kappa shape index (κ3) is 2.56. The molecule has 0 amide bonds.